The number of anilines is 1. The first-order valence-corrected chi connectivity index (χ1v) is 8.53. The maximum atomic E-state index is 12.9. The van der Waals surface area contributed by atoms with E-state index < -0.39 is 0 Å². The van der Waals surface area contributed by atoms with Gasteiger partial charge in [0, 0.05) is 11.9 Å². The van der Waals surface area contributed by atoms with E-state index in [1.807, 2.05) is 29.7 Å². The molecule has 2 aromatic heterocycles. The number of ether oxygens (including phenoxy) is 1. The molecule has 0 radical (unpaired) electrons. The molecule has 1 aromatic carbocycles. The van der Waals surface area contributed by atoms with Gasteiger partial charge in [-0.2, -0.15) is 0 Å². The van der Waals surface area contributed by atoms with Crippen molar-refractivity contribution in [3.8, 4) is 5.75 Å². The Bertz CT molecular complexity index is 934. The molecule has 0 fully saturated rings. The second-order valence-electron chi connectivity index (χ2n) is 5.89. The number of hydrogen-bond donors (Lipinski definition) is 1. The van der Waals surface area contributed by atoms with E-state index in [1.54, 1.807) is 25.3 Å². The van der Waals surface area contributed by atoms with E-state index in [1.165, 1.54) is 0 Å². The van der Waals surface area contributed by atoms with Crippen LogP contribution in [0.15, 0.2) is 36.5 Å². The fourth-order valence-corrected chi connectivity index (χ4v) is 3.04. The highest BCUT2D eigenvalue weighted by Crippen LogP contribution is 2.27. The molecule has 3 rings (SSSR count). The normalized spacial score (nSPS) is 10.9. The third-order valence-corrected chi connectivity index (χ3v) is 4.26. The maximum absolute atomic E-state index is 12.9. The van der Waals surface area contributed by atoms with Crippen molar-refractivity contribution in [2.45, 2.75) is 26.7 Å². The van der Waals surface area contributed by atoms with Crippen molar-refractivity contribution < 1.29 is 9.53 Å². The van der Waals surface area contributed by atoms with Crippen LogP contribution in [-0.2, 0) is 6.42 Å². The number of methoxy groups -OCH3 is 1. The summed E-state index contributed by atoms with van der Waals surface area (Å²) >= 11 is 6.14. The third-order valence-electron chi connectivity index (χ3n) is 3.97. The minimum Gasteiger partial charge on any atom is -0.495 e. The molecule has 0 aliphatic carbocycles. The highest BCUT2D eigenvalue weighted by Gasteiger charge is 2.19. The molecule has 0 aliphatic rings. The molecule has 0 saturated heterocycles. The number of rotatable bonds is 5. The van der Waals surface area contributed by atoms with Crippen LogP contribution in [0.4, 0.5) is 5.69 Å². The second-order valence-corrected chi connectivity index (χ2v) is 6.30. The van der Waals surface area contributed by atoms with Crippen molar-refractivity contribution in [1.29, 1.82) is 0 Å². The van der Waals surface area contributed by atoms with E-state index in [-0.39, 0.29) is 5.91 Å². The number of fused-ring (bicyclic) bond motifs is 1. The van der Waals surface area contributed by atoms with Crippen LogP contribution in [0.25, 0.3) is 5.65 Å². The van der Waals surface area contributed by atoms with E-state index in [2.05, 4.69) is 17.2 Å². The molecule has 25 heavy (non-hydrogen) atoms. The number of carbonyl (C=O) groups excluding carboxylic acids is 1. The molecule has 0 bridgehead atoms. The number of imidazole rings is 1. The quantitative estimate of drug-likeness (QED) is 0.731. The number of aryl methyl sites for hydroxylation is 2. The van der Waals surface area contributed by atoms with Crippen LogP contribution in [0.3, 0.4) is 0 Å². The monoisotopic (exact) mass is 357 g/mol. The van der Waals surface area contributed by atoms with E-state index in [0.29, 0.717) is 22.2 Å². The molecule has 2 heterocycles. The first kappa shape index (κ1) is 17.3. The molecule has 0 saturated carbocycles. The van der Waals surface area contributed by atoms with Gasteiger partial charge in [0.25, 0.3) is 5.91 Å². The summed E-state index contributed by atoms with van der Waals surface area (Å²) in [5.74, 6) is 0.359. The molecule has 0 spiro atoms. The number of amides is 1. The van der Waals surface area contributed by atoms with Gasteiger partial charge in [-0.05, 0) is 49.2 Å². The minimum absolute atomic E-state index is 0.207. The van der Waals surface area contributed by atoms with Gasteiger partial charge >= 0.3 is 0 Å². The van der Waals surface area contributed by atoms with E-state index in [0.717, 1.165) is 29.7 Å². The molecule has 1 amide bonds. The fraction of sp³-hybridized carbons (Fsp3) is 0.263. The van der Waals surface area contributed by atoms with E-state index >= 15 is 0 Å². The van der Waals surface area contributed by atoms with E-state index in [4.69, 9.17) is 16.3 Å². The molecule has 0 unspecified atom stereocenters. The van der Waals surface area contributed by atoms with Gasteiger partial charge in [0.15, 0.2) is 0 Å². The number of pyridine rings is 1. The first-order valence-electron chi connectivity index (χ1n) is 8.16. The lowest BCUT2D eigenvalue weighted by molar-refractivity contribution is 0.102. The van der Waals surface area contributed by atoms with Gasteiger partial charge in [-0.3, -0.25) is 9.20 Å². The summed E-state index contributed by atoms with van der Waals surface area (Å²) in [5, 5.41) is 3.35. The van der Waals surface area contributed by atoms with Crippen molar-refractivity contribution in [2.75, 3.05) is 12.4 Å². The summed E-state index contributed by atoms with van der Waals surface area (Å²) in [6, 6.07) is 9.09. The van der Waals surface area contributed by atoms with Crippen LogP contribution < -0.4 is 10.1 Å². The van der Waals surface area contributed by atoms with Crippen molar-refractivity contribution in [1.82, 2.24) is 9.38 Å². The Hall–Kier alpha value is -2.53. The Morgan fingerprint density at radius 1 is 1.32 bits per heavy atom. The number of halogens is 1. The van der Waals surface area contributed by atoms with Gasteiger partial charge in [0.2, 0.25) is 0 Å². The number of carbonyl (C=O) groups is 1. The summed E-state index contributed by atoms with van der Waals surface area (Å²) in [6.07, 6.45) is 3.54. The summed E-state index contributed by atoms with van der Waals surface area (Å²) in [4.78, 5) is 17.5. The number of benzene rings is 1. The summed E-state index contributed by atoms with van der Waals surface area (Å²) in [5.41, 5.74) is 3.85. The number of hydrogen-bond acceptors (Lipinski definition) is 3. The average Bonchev–Trinajstić information content (AvgIpc) is 2.92. The number of nitrogens with zero attached hydrogens (tertiary/aromatic N) is 2. The largest absolute Gasteiger partial charge is 0.495 e. The second kappa shape index (κ2) is 7.15. The van der Waals surface area contributed by atoms with Gasteiger partial charge in [-0.1, -0.05) is 24.9 Å². The smallest absolute Gasteiger partial charge is 0.274 e. The Labute approximate surface area is 151 Å². The number of nitrogens with one attached hydrogen (secondary N) is 1. The molecular formula is C19H20ClN3O2. The van der Waals surface area contributed by atoms with Crippen LogP contribution >= 0.6 is 11.6 Å². The highest BCUT2D eigenvalue weighted by atomic mass is 35.5. The minimum atomic E-state index is -0.207. The van der Waals surface area contributed by atoms with Gasteiger partial charge < -0.3 is 10.1 Å². The average molecular weight is 358 g/mol. The lowest BCUT2D eigenvalue weighted by atomic mass is 10.2. The van der Waals surface area contributed by atoms with Crippen LogP contribution in [-0.4, -0.2) is 22.4 Å². The first-order chi connectivity index (χ1) is 12.0. The predicted octanol–water partition coefficient (Wildman–Crippen LogP) is 4.51. The van der Waals surface area contributed by atoms with E-state index in [9.17, 15) is 4.79 Å². The third kappa shape index (κ3) is 3.46. The lowest BCUT2D eigenvalue weighted by Crippen LogP contribution is -2.16. The van der Waals surface area contributed by atoms with Crippen LogP contribution in [0.5, 0.6) is 5.75 Å². The zero-order valence-corrected chi connectivity index (χ0v) is 15.2. The molecule has 5 nitrogen and oxygen atoms in total. The Balaban J connectivity index is 1.98. The summed E-state index contributed by atoms with van der Waals surface area (Å²) in [7, 11) is 1.55. The van der Waals surface area contributed by atoms with Crippen molar-refractivity contribution >= 4 is 28.8 Å². The SMILES string of the molecule is CCCc1nc2cc(C)ccn2c1C(=O)Nc1ccc(OC)c(Cl)c1. The van der Waals surface area contributed by atoms with Gasteiger partial charge in [0.1, 0.15) is 17.1 Å². The lowest BCUT2D eigenvalue weighted by Gasteiger charge is -2.09. The van der Waals surface area contributed by atoms with Crippen LogP contribution in [0, 0.1) is 6.92 Å². The molecule has 0 atom stereocenters. The predicted molar refractivity (Wildman–Crippen MR) is 99.9 cm³/mol. The fourth-order valence-electron chi connectivity index (χ4n) is 2.78. The van der Waals surface area contributed by atoms with Gasteiger partial charge in [0.05, 0.1) is 17.8 Å². The molecule has 3 aromatic rings. The van der Waals surface area contributed by atoms with Crippen LogP contribution in [0.2, 0.25) is 5.02 Å². The topological polar surface area (TPSA) is 55.6 Å². The molecule has 130 valence electrons. The Morgan fingerprint density at radius 2 is 2.12 bits per heavy atom. The Kier molecular flexibility index (Phi) is 4.95. The zero-order valence-electron chi connectivity index (χ0n) is 14.5. The zero-order chi connectivity index (χ0) is 18.0. The summed E-state index contributed by atoms with van der Waals surface area (Å²) in [6.45, 7) is 4.08. The molecule has 1 N–H and O–H groups in total. The standard InChI is InChI=1S/C19H20ClN3O2/c1-4-5-15-18(23-9-8-12(2)10-17(23)22-15)19(24)21-13-6-7-16(25-3)14(20)11-13/h6-11H,4-5H2,1-3H3,(H,21,24). The maximum Gasteiger partial charge on any atom is 0.274 e. The van der Waals surface area contributed by atoms with Crippen molar-refractivity contribution in [3.05, 3.63) is 58.5 Å². The van der Waals surface area contributed by atoms with Gasteiger partial charge in [-0.15, -0.1) is 0 Å². The Morgan fingerprint density at radius 3 is 2.80 bits per heavy atom. The molecule has 6 heteroatoms. The van der Waals surface area contributed by atoms with Gasteiger partial charge in [-0.25, -0.2) is 4.98 Å². The molecule has 0 aliphatic heterocycles. The number of aromatic nitrogens is 2. The van der Waals surface area contributed by atoms with Crippen molar-refractivity contribution in [3.63, 3.8) is 0 Å². The summed E-state index contributed by atoms with van der Waals surface area (Å²) < 4.78 is 6.97. The highest BCUT2D eigenvalue weighted by molar-refractivity contribution is 6.32. The van der Waals surface area contributed by atoms with Crippen LogP contribution in [0.1, 0.15) is 35.1 Å². The molecular weight excluding hydrogens is 338 g/mol. The van der Waals surface area contributed by atoms with Crippen molar-refractivity contribution in [2.24, 2.45) is 0 Å².